The van der Waals surface area contributed by atoms with Crippen LogP contribution in [-0.2, 0) is 4.79 Å². The Morgan fingerprint density at radius 3 is 2.57 bits per heavy atom. The van der Waals surface area contributed by atoms with E-state index in [0.29, 0.717) is 0 Å². The van der Waals surface area contributed by atoms with Crippen molar-refractivity contribution in [3.05, 3.63) is 60.1 Å². The Labute approximate surface area is 132 Å². The highest BCUT2D eigenvalue weighted by Gasteiger charge is 2.26. The summed E-state index contributed by atoms with van der Waals surface area (Å²) in [6.07, 6.45) is 5.21. The van der Waals surface area contributed by atoms with Gasteiger partial charge in [-0.1, -0.05) is 18.2 Å². The molecular formula is C17H14FN3O2. The van der Waals surface area contributed by atoms with Crippen LogP contribution in [0.2, 0.25) is 0 Å². The van der Waals surface area contributed by atoms with Gasteiger partial charge in [0.2, 0.25) is 5.91 Å². The molecule has 1 aromatic heterocycles. The SMILES string of the molecule is O=C1CNC(=O)N1C/C=C/c1ccc(-c2ccc(F)cc2)nc1. The molecule has 2 heterocycles. The Hall–Kier alpha value is -3.02. The van der Waals surface area contributed by atoms with Gasteiger partial charge in [0.15, 0.2) is 0 Å². The molecular weight excluding hydrogens is 297 g/mol. The Morgan fingerprint density at radius 1 is 1.17 bits per heavy atom. The number of nitrogens with zero attached hydrogens (tertiary/aromatic N) is 2. The van der Waals surface area contributed by atoms with Crippen LogP contribution in [0.15, 0.2) is 48.7 Å². The number of carbonyl (C=O) groups excluding carboxylic acids is 2. The van der Waals surface area contributed by atoms with E-state index in [1.807, 2.05) is 12.1 Å². The van der Waals surface area contributed by atoms with E-state index in [-0.39, 0.29) is 30.8 Å². The fraction of sp³-hybridized carbons (Fsp3) is 0.118. The average molecular weight is 311 g/mol. The summed E-state index contributed by atoms with van der Waals surface area (Å²) in [4.78, 5) is 28.3. The monoisotopic (exact) mass is 311 g/mol. The molecule has 1 aliphatic rings. The minimum absolute atomic E-state index is 0.0561. The quantitative estimate of drug-likeness (QED) is 0.882. The summed E-state index contributed by atoms with van der Waals surface area (Å²) in [7, 11) is 0. The maximum atomic E-state index is 12.9. The van der Waals surface area contributed by atoms with Crippen LogP contribution in [0, 0.1) is 5.82 Å². The van der Waals surface area contributed by atoms with Crippen LogP contribution in [0.4, 0.5) is 9.18 Å². The maximum Gasteiger partial charge on any atom is 0.324 e. The smallest absolute Gasteiger partial charge is 0.324 e. The number of pyridine rings is 1. The predicted octanol–water partition coefficient (Wildman–Crippen LogP) is 2.45. The third kappa shape index (κ3) is 3.42. The van der Waals surface area contributed by atoms with Gasteiger partial charge in [-0.15, -0.1) is 0 Å². The van der Waals surface area contributed by atoms with Crippen LogP contribution in [0.5, 0.6) is 0 Å². The largest absolute Gasteiger partial charge is 0.329 e. The van der Waals surface area contributed by atoms with Crippen molar-refractivity contribution in [2.45, 2.75) is 0 Å². The molecule has 1 fully saturated rings. The normalized spacial score (nSPS) is 14.6. The first-order valence-electron chi connectivity index (χ1n) is 7.10. The van der Waals surface area contributed by atoms with Gasteiger partial charge in [-0.2, -0.15) is 0 Å². The summed E-state index contributed by atoms with van der Waals surface area (Å²) >= 11 is 0. The summed E-state index contributed by atoms with van der Waals surface area (Å²) in [5.74, 6) is -0.516. The fourth-order valence-corrected chi connectivity index (χ4v) is 2.23. The van der Waals surface area contributed by atoms with Crippen LogP contribution < -0.4 is 5.32 Å². The molecule has 3 amide bonds. The Morgan fingerprint density at radius 2 is 1.96 bits per heavy atom. The van der Waals surface area contributed by atoms with Gasteiger partial charge in [-0.25, -0.2) is 9.18 Å². The molecule has 1 N–H and O–H groups in total. The van der Waals surface area contributed by atoms with E-state index in [0.717, 1.165) is 21.7 Å². The molecule has 0 aliphatic carbocycles. The lowest BCUT2D eigenvalue weighted by Gasteiger charge is -2.08. The Bertz CT molecular complexity index is 738. The lowest BCUT2D eigenvalue weighted by molar-refractivity contribution is -0.124. The number of imide groups is 1. The molecule has 0 bridgehead atoms. The zero-order chi connectivity index (χ0) is 16.2. The third-order valence-corrected chi connectivity index (χ3v) is 3.46. The second kappa shape index (κ2) is 6.39. The van der Waals surface area contributed by atoms with Crippen molar-refractivity contribution < 1.29 is 14.0 Å². The molecule has 116 valence electrons. The summed E-state index contributed by atoms with van der Waals surface area (Å²) in [5, 5.41) is 2.46. The number of carbonyl (C=O) groups is 2. The van der Waals surface area contributed by atoms with E-state index in [1.165, 1.54) is 12.1 Å². The summed E-state index contributed by atoms with van der Waals surface area (Å²) in [6.45, 7) is 0.283. The molecule has 1 aromatic carbocycles. The Kier molecular flexibility index (Phi) is 4.14. The third-order valence-electron chi connectivity index (χ3n) is 3.46. The number of nitrogens with one attached hydrogen (secondary N) is 1. The van der Waals surface area contributed by atoms with Gasteiger partial charge < -0.3 is 5.32 Å². The van der Waals surface area contributed by atoms with E-state index >= 15 is 0 Å². The lowest BCUT2D eigenvalue weighted by atomic mass is 10.1. The summed E-state index contributed by atoms with van der Waals surface area (Å²) < 4.78 is 12.9. The predicted molar refractivity (Wildman–Crippen MR) is 83.8 cm³/mol. The maximum absolute atomic E-state index is 12.9. The van der Waals surface area contributed by atoms with Crippen molar-refractivity contribution >= 4 is 18.0 Å². The molecule has 0 atom stereocenters. The number of urea groups is 1. The van der Waals surface area contributed by atoms with E-state index in [9.17, 15) is 14.0 Å². The van der Waals surface area contributed by atoms with Gasteiger partial charge in [0.1, 0.15) is 5.82 Å². The molecule has 0 unspecified atom stereocenters. The van der Waals surface area contributed by atoms with Crippen molar-refractivity contribution in [2.24, 2.45) is 0 Å². The highest BCUT2D eigenvalue weighted by Crippen LogP contribution is 2.17. The molecule has 3 rings (SSSR count). The van der Waals surface area contributed by atoms with Gasteiger partial charge in [0.25, 0.3) is 0 Å². The van der Waals surface area contributed by atoms with E-state index < -0.39 is 0 Å². The number of hydrogen-bond donors (Lipinski definition) is 1. The molecule has 1 saturated heterocycles. The molecule has 0 radical (unpaired) electrons. The molecule has 0 spiro atoms. The summed E-state index contributed by atoms with van der Waals surface area (Å²) in [5.41, 5.74) is 2.43. The van der Waals surface area contributed by atoms with Crippen molar-refractivity contribution in [3.63, 3.8) is 0 Å². The number of aromatic nitrogens is 1. The first-order chi connectivity index (χ1) is 11.1. The van der Waals surface area contributed by atoms with Crippen LogP contribution in [0.25, 0.3) is 17.3 Å². The minimum Gasteiger partial charge on any atom is -0.329 e. The van der Waals surface area contributed by atoms with Crippen molar-refractivity contribution in [1.29, 1.82) is 0 Å². The highest BCUT2D eigenvalue weighted by atomic mass is 19.1. The number of benzene rings is 1. The van der Waals surface area contributed by atoms with Crippen molar-refractivity contribution in [2.75, 3.05) is 13.1 Å². The molecule has 2 aromatic rings. The molecule has 1 aliphatic heterocycles. The average Bonchev–Trinajstić information content (AvgIpc) is 2.88. The van der Waals surface area contributed by atoms with Gasteiger partial charge in [-0.3, -0.25) is 14.7 Å². The van der Waals surface area contributed by atoms with E-state index in [2.05, 4.69) is 10.3 Å². The number of halogens is 1. The standard InChI is InChI=1S/C17H14FN3O2/c18-14-6-4-13(5-7-14)15-8-3-12(10-19-15)2-1-9-21-16(22)11-20-17(21)23/h1-8,10H,9,11H2,(H,20,23)/b2-1+. The second-order valence-corrected chi connectivity index (χ2v) is 5.05. The zero-order valence-corrected chi connectivity index (χ0v) is 12.2. The van der Waals surface area contributed by atoms with Crippen molar-refractivity contribution in [3.8, 4) is 11.3 Å². The molecule has 6 heteroatoms. The van der Waals surface area contributed by atoms with Crippen LogP contribution in [0.1, 0.15) is 5.56 Å². The lowest BCUT2D eigenvalue weighted by Crippen LogP contribution is -2.30. The van der Waals surface area contributed by atoms with E-state index in [4.69, 9.17) is 0 Å². The van der Waals surface area contributed by atoms with Gasteiger partial charge in [0.05, 0.1) is 12.2 Å². The number of rotatable bonds is 4. The number of amides is 3. The van der Waals surface area contributed by atoms with Crippen LogP contribution >= 0.6 is 0 Å². The number of hydrogen-bond acceptors (Lipinski definition) is 3. The van der Waals surface area contributed by atoms with Crippen LogP contribution in [-0.4, -0.2) is 34.9 Å². The second-order valence-electron chi connectivity index (χ2n) is 5.05. The Balaban J connectivity index is 1.65. The van der Waals surface area contributed by atoms with E-state index in [1.54, 1.807) is 30.5 Å². The first-order valence-corrected chi connectivity index (χ1v) is 7.10. The van der Waals surface area contributed by atoms with Crippen molar-refractivity contribution in [1.82, 2.24) is 15.2 Å². The van der Waals surface area contributed by atoms with Gasteiger partial charge in [0, 0.05) is 18.3 Å². The summed E-state index contributed by atoms with van der Waals surface area (Å²) in [6, 6.07) is 9.46. The zero-order valence-electron chi connectivity index (χ0n) is 12.2. The van der Waals surface area contributed by atoms with Crippen LogP contribution in [0.3, 0.4) is 0 Å². The minimum atomic E-state index is -0.371. The van der Waals surface area contributed by atoms with Gasteiger partial charge >= 0.3 is 6.03 Å². The highest BCUT2D eigenvalue weighted by molar-refractivity contribution is 6.02. The topological polar surface area (TPSA) is 62.3 Å². The fourth-order valence-electron chi connectivity index (χ4n) is 2.23. The molecule has 0 saturated carbocycles. The first kappa shape index (κ1) is 14.9. The van der Waals surface area contributed by atoms with Gasteiger partial charge in [-0.05, 0) is 35.9 Å². The molecule has 23 heavy (non-hydrogen) atoms. The molecule has 5 nitrogen and oxygen atoms in total.